The Bertz CT molecular complexity index is 979. The van der Waals surface area contributed by atoms with Crippen LogP contribution >= 0.6 is 0 Å². The van der Waals surface area contributed by atoms with Crippen molar-refractivity contribution < 1.29 is 13.2 Å². The van der Waals surface area contributed by atoms with Crippen molar-refractivity contribution in [3.8, 4) is 0 Å². The molecule has 0 radical (unpaired) electrons. The van der Waals surface area contributed by atoms with Crippen LogP contribution in [0.4, 0.5) is 5.69 Å². The second-order valence-corrected chi connectivity index (χ2v) is 9.66. The van der Waals surface area contributed by atoms with Gasteiger partial charge in [-0.3, -0.25) is 4.79 Å². The summed E-state index contributed by atoms with van der Waals surface area (Å²) in [7, 11) is -3.15. The molecule has 1 aliphatic heterocycles. The molecule has 9 heteroatoms. The van der Waals surface area contributed by atoms with Crippen molar-refractivity contribution in [1.82, 2.24) is 19.6 Å². The molecule has 2 N–H and O–H groups in total. The molecule has 0 unspecified atom stereocenters. The molecule has 0 bridgehead atoms. The van der Waals surface area contributed by atoms with Gasteiger partial charge in [0.15, 0.2) is 0 Å². The van der Waals surface area contributed by atoms with E-state index < -0.39 is 10.0 Å². The molecule has 1 aliphatic carbocycles. The predicted molar refractivity (Wildman–Crippen MR) is 109 cm³/mol. The van der Waals surface area contributed by atoms with Gasteiger partial charge in [0.1, 0.15) is 5.65 Å². The zero-order valence-electron chi connectivity index (χ0n) is 16.3. The lowest BCUT2D eigenvalue weighted by Gasteiger charge is -2.44. The van der Waals surface area contributed by atoms with Gasteiger partial charge in [0.25, 0.3) is 5.91 Å². The molecule has 0 aromatic carbocycles. The van der Waals surface area contributed by atoms with Crippen molar-refractivity contribution >= 4 is 32.7 Å². The van der Waals surface area contributed by atoms with E-state index in [1.165, 1.54) is 6.26 Å². The summed E-state index contributed by atoms with van der Waals surface area (Å²) >= 11 is 0. The summed E-state index contributed by atoms with van der Waals surface area (Å²) in [5.74, 6) is 0.402. The first-order valence-corrected chi connectivity index (χ1v) is 11.7. The number of amides is 1. The Morgan fingerprint density at radius 1 is 1.29 bits per heavy atom. The fraction of sp³-hybridized carbons (Fsp3) is 0.579. The lowest BCUT2D eigenvalue weighted by molar-refractivity contribution is 0.0741. The van der Waals surface area contributed by atoms with Crippen LogP contribution in [0, 0.1) is 5.92 Å². The number of hydrogen-bond donors (Lipinski definition) is 2. The van der Waals surface area contributed by atoms with Crippen molar-refractivity contribution in [2.24, 2.45) is 5.92 Å². The Balaban J connectivity index is 1.58. The Morgan fingerprint density at radius 2 is 2.04 bits per heavy atom. The SMILES string of the molecule is CCN1CN(C2CCC(CNS(C)(=O)=O)CC2)c2c(cnc3[nH]ccc23)C1=O. The Kier molecular flexibility index (Phi) is 5.05. The van der Waals surface area contributed by atoms with Crippen LogP contribution in [0.3, 0.4) is 0 Å². The molecule has 3 heterocycles. The van der Waals surface area contributed by atoms with Gasteiger partial charge in [-0.2, -0.15) is 0 Å². The fourth-order valence-corrected chi connectivity index (χ4v) is 4.96. The molecule has 0 spiro atoms. The number of fused-ring (bicyclic) bond motifs is 3. The topological polar surface area (TPSA) is 98.4 Å². The summed E-state index contributed by atoms with van der Waals surface area (Å²) in [4.78, 5) is 24.6. The number of H-pyrrole nitrogens is 1. The molecule has 2 aromatic heterocycles. The molecule has 1 amide bonds. The van der Waals surface area contributed by atoms with Crippen LogP contribution in [0.5, 0.6) is 0 Å². The first-order chi connectivity index (χ1) is 13.4. The van der Waals surface area contributed by atoms with Gasteiger partial charge < -0.3 is 14.8 Å². The zero-order chi connectivity index (χ0) is 19.9. The number of hydrogen-bond acceptors (Lipinski definition) is 5. The summed E-state index contributed by atoms with van der Waals surface area (Å²) in [6, 6.07) is 2.32. The summed E-state index contributed by atoms with van der Waals surface area (Å²) in [6.45, 7) is 3.75. The number of nitrogens with one attached hydrogen (secondary N) is 2. The van der Waals surface area contributed by atoms with E-state index in [-0.39, 0.29) is 5.91 Å². The minimum atomic E-state index is -3.15. The second-order valence-electron chi connectivity index (χ2n) is 7.83. The first-order valence-electron chi connectivity index (χ1n) is 9.84. The van der Waals surface area contributed by atoms with Crippen LogP contribution in [0.25, 0.3) is 11.0 Å². The quantitative estimate of drug-likeness (QED) is 0.792. The van der Waals surface area contributed by atoms with E-state index in [0.717, 1.165) is 42.4 Å². The number of anilines is 1. The van der Waals surface area contributed by atoms with Crippen LogP contribution < -0.4 is 9.62 Å². The third kappa shape index (κ3) is 3.60. The maximum atomic E-state index is 12.9. The first kappa shape index (κ1) is 19.2. The van der Waals surface area contributed by atoms with Crippen molar-refractivity contribution in [3.63, 3.8) is 0 Å². The molecule has 2 aliphatic rings. The molecule has 0 atom stereocenters. The zero-order valence-corrected chi connectivity index (χ0v) is 17.1. The number of pyridine rings is 1. The maximum Gasteiger partial charge on any atom is 0.258 e. The molecule has 2 aromatic rings. The van der Waals surface area contributed by atoms with Crippen molar-refractivity contribution in [1.29, 1.82) is 0 Å². The van der Waals surface area contributed by atoms with Gasteiger partial charge in [-0.1, -0.05) is 0 Å². The summed E-state index contributed by atoms with van der Waals surface area (Å²) < 4.78 is 25.3. The Hall–Kier alpha value is -2.13. The normalized spacial score (nSPS) is 23.3. The number of aromatic amines is 1. The summed E-state index contributed by atoms with van der Waals surface area (Å²) in [6.07, 6.45) is 8.66. The van der Waals surface area contributed by atoms with Crippen LogP contribution in [0.1, 0.15) is 43.0 Å². The van der Waals surface area contributed by atoms with Crippen LogP contribution in [-0.2, 0) is 10.0 Å². The lowest BCUT2D eigenvalue weighted by atomic mass is 9.85. The summed E-state index contributed by atoms with van der Waals surface area (Å²) in [5.41, 5.74) is 2.45. The molecule has 0 saturated heterocycles. The number of sulfonamides is 1. The highest BCUT2D eigenvalue weighted by molar-refractivity contribution is 7.88. The van der Waals surface area contributed by atoms with E-state index in [4.69, 9.17) is 0 Å². The molecule has 1 fully saturated rings. The third-order valence-corrected chi connectivity index (χ3v) is 6.65. The predicted octanol–water partition coefficient (Wildman–Crippen LogP) is 1.91. The van der Waals surface area contributed by atoms with Gasteiger partial charge in [-0.15, -0.1) is 0 Å². The van der Waals surface area contributed by atoms with Gasteiger partial charge >= 0.3 is 0 Å². The molecular weight excluding hydrogens is 378 g/mol. The number of carbonyl (C=O) groups is 1. The highest BCUT2D eigenvalue weighted by atomic mass is 32.2. The highest BCUT2D eigenvalue weighted by Gasteiger charge is 2.36. The van der Waals surface area contributed by atoms with Crippen molar-refractivity contribution in [2.75, 3.05) is 30.9 Å². The average molecular weight is 406 g/mol. The molecule has 4 rings (SSSR count). The molecule has 28 heavy (non-hydrogen) atoms. The maximum absolute atomic E-state index is 12.9. The minimum Gasteiger partial charge on any atom is -0.349 e. The smallest absolute Gasteiger partial charge is 0.258 e. The largest absolute Gasteiger partial charge is 0.349 e. The van der Waals surface area contributed by atoms with Crippen LogP contribution in [0.2, 0.25) is 0 Å². The van der Waals surface area contributed by atoms with E-state index in [1.54, 1.807) is 6.20 Å². The van der Waals surface area contributed by atoms with Gasteiger partial charge in [-0.05, 0) is 44.6 Å². The number of aromatic nitrogens is 2. The van der Waals surface area contributed by atoms with E-state index in [9.17, 15) is 13.2 Å². The fourth-order valence-electron chi connectivity index (χ4n) is 4.42. The van der Waals surface area contributed by atoms with E-state index in [2.05, 4.69) is 19.6 Å². The van der Waals surface area contributed by atoms with Crippen LogP contribution in [0.15, 0.2) is 18.5 Å². The second kappa shape index (κ2) is 7.36. The third-order valence-electron chi connectivity index (χ3n) is 5.96. The van der Waals surface area contributed by atoms with E-state index >= 15 is 0 Å². The lowest BCUT2D eigenvalue weighted by Crippen LogP contribution is -2.52. The van der Waals surface area contributed by atoms with Crippen molar-refractivity contribution in [2.45, 2.75) is 38.6 Å². The average Bonchev–Trinajstić information content (AvgIpc) is 3.15. The Labute approximate surface area is 165 Å². The van der Waals surface area contributed by atoms with Gasteiger partial charge in [0, 0.05) is 36.9 Å². The molecular formula is C19H27N5O3S. The van der Waals surface area contributed by atoms with Crippen LogP contribution in [-0.4, -0.2) is 61.2 Å². The van der Waals surface area contributed by atoms with Gasteiger partial charge in [0.2, 0.25) is 10.0 Å². The van der Waals surface area contributed by atoms with E-state index in [1.807, 2.05) is 24.1 Å². The number of carbonyl (C=O) groups excluding carboxylic acids is 1. The summed E-state index contributed by atoms with van der Waals surface area (Å²) in [5, 5.41) is 0.988. The number of rotatable bonds is 5. The van der Waals surface area contributed by atoms with Gasteiger partial charge in [0.05, 0.1) is 24.2 Å². The monoisotopic (exact) mass is 405 g/mol. The molecule has 8 nitrogen and oxygen atoms in total. The Morgan fingerprint density at radius 3 is 2.71 bits per heavy atom. The van der Waals surface area contributed by atoms with Gasteiger partial charge in [-0.25, -0.2) is 18.1 Å². The number of nitrogens with zero attached hydrogens (tertiary/aromatic N) is 3. The molecule has 1 saturated carbocycles. The molecule has 152 valence electrons. The standard InChI is InChI=1S/C19H27N5O3S/c1-3-23-12-24(14-6-4-13(5-7-14)10-22-28(2,26)27)17-15-8-9-20-18(15)21-11-16(17)19(23)25/h8-9,11,13-14,22H,3-7,10,12H2,1-2H3,(H,20,21). The van der Waals surface area contributed by atoms with E-state index in [0.29, 0.717) is 37.3 Å². The van der Waals surface area contributed by atoms with Crippen molar-refractivity contribution in [3.05, 3.63) is 24.0 Å². The minimum absolute atomic E-state index is 0.0374. The highest BCUT2D eigenvalue weighted by Crippen LogP contribution is 2.38.